The van der Waals surface area contributed by atoms with Crippen LogP contribution in [0.1, 0.15) is 17.2 Å². The minimum absolute atomic E-state index is 0.285. The van der Waals surface area contributed by atoms with Gasteiger partial charge in [0.15, 0.2) is 0 Å². The number of rotatable bonds is 4. The molecule has 0 unspecified atom stereocenters. The molecule has 3 rings (SSSR count). The van der Waals surface area contributed by atoms with Crippen LogP contribution in [0.25, 0.3) is 0 Å². The van der Waals surface area contributed by atoms with Crippen LogP contribution in [0.2, 0.25) is 0 Å². The molecule has 1 fully saturated rings. The van der Waals surface area contributed by atoms with E-state index < -0.39 is 0 Å². The van der Waals surface area contributed by atoms with Crippen molar-refractivity contribution in [1.82, 2.24) is 4.90 Å². The van der Waals surface area contributed by atoms with Gasteiger partial charge in [0.1, 0.15) is 0 Å². The largest absolute Gasteiger partial charge is 0.291 e. The van der Waals surface area contributed by atoms with E-state index in [1.54, 1.807) is 0 Å². The van der Waals surface area contributed by atoms with Crippen molar-refractivity contribution in [1.29, 1.82) is 0 Å². The van der Waals surface area contributed by atoms with Crippen molar-refractivity contribution in [3.63, 3.8) is 0 Å². The van der Waals surface area contributed by atoms with Crippen molar-refractivity contribution >= 4 is 5.84 Å². The van der Waals surface area contributed by atoms with Gasteiger partial charge in [-0.2, -0.15) is 0 Å². The maximum Gasteiger partial charge on any atom is 0.244 e. The molecule has 2 aromatic carbocycles. The third-order valence-corrected chi connectivity index (χ3v) is 3.98. The van der Waals surface area contributed by atoms with E-state index in [1.807, 2.05) is 0 Å². The highest BCUT2D eigenvalue weighted by atomic mass is 15.2. The normalized spacial score (nSPS) is 16.1. The quantitative estimate of drug-likeness (QED) is 0.636. The molecule has 0 bridgehead atoms. The number of hydrogen-bond donors (Lipinski definition) is 2. The fourth-order valence-corrected chi connectivity index (χ4v) is 2.82. The number of amidine groups is 1. The zero-order valence-electron chi connectivity index (χ0n) is 11.4. The maximum absolute atomic E-state index is 5.71. The second-order valence-electron chi connectivity index (χ2n) is 5.37. The number of nitrogens with two attached hydrogens (primary N) is 2. The molecular weight excluding hydrogens is 246 g/mol. The number of nitrogens with zero attached hydrogens (tertiary/aromatic N) is 1. The van der Waals surface area contributed by atoms with Crippen LogP contribution in [0.5, 0.6) is 0 Å². The highest BCUT2D eigenvalue weighted by Crippen LogP contribution is 2.33. The van der Waals surface area contributed by atoms with Crippen LogP contribution in [0.4, 0.5) is 0 Å². The van der Waals surface area contributed by atoms with Crippen molar-refractivity contribution in [2.24, 2.45) is 11.7 Å². The summed E-state index contributed by atoms with van der Waals surface area (Å²) in [4.78, 5) is 2.43. The van der Waals surface area contributed by atoms with E-state index in [0.29, 0.717) is 11.8 Å². The summed E-state index contributed by atoms with van der Waals surface area (Å²) in [5, 5.41) is 5.71. The van der Waals surface area contributed by atoms with Gasteiger partial charge in [0.25, 0.3) is 0 Å². The van der Waals surface area contributed by atoms with Gasteiger partial charge < -0.3 is 0 Å². The Kier molecular flexibility index (Phi) is 3.52. The fraction of sp³-hybridized carbons (Fsp3) is 0.235. The highest BCUT2D eigenvalue weighted by Gasteiger charge is 2.37. The molecule has 0 saturated carbocycles. The van der Waals surface area contributed by atoms with E-state index in [2.05, 4.69) is 65.6 Å². The molecule has 3 nitrogen and oxygen atoms in total. The molecule has 1 heterocycles. The minimum atomic E-state index is 0.285. The molecule has 0 atom stereocenters. The van der Waals surface area contributed by atoms with Gasteiger partial charge in [0.05, 0.1) is 12.0 Å². The first-order chi connectivity index (χ1) is 9.75. The average Bonchev–Trinajstić information content (AvgIpc) is 2.43. The van der Waals surface area contributed by atoms with Gasteiger partial charge in [-0.3, -0.25) is 16.0 Å². The Bertz CT molecular complexity index is 534. The Hall–Kier alpha value is -2.13. The van der Waals surface area contributed by atoms with Crippen LogP contribution in [0, 0.1) is 5.92 Å². The van der Waals surface area contributed by atoms with Gasteiger partial charge in [0.2, 0.25) is 5.84 Å². The molecule has 0 amide bonds. The Morgan fingerprint density at radius 3 is 1.80 bits per heavy atom. The standard InChI is InChI=1S/C17H19N3/c18-17(19)15-11-20(12-15)16(13-7-3-1-4-8-13)14-9-5-2-6-10-14/h1-10,15-16H,11-12H2,(H3,18,19)/p+1. The monoisotopic (exact) mass is 266 g/mol. The third kappa shape index (κ3) is 2.45. The summed E-state index contributed by atoms with van der Waals surface area (Å²) in [6, 6.07) is 21.5. The van der Waals surface area contributed by atoms with Crippen LogP contribution in [0.3, 0.4) is 0 Å². The van der Waals surface area contributed by atoms with Gasteiger partial charge in [-0.25, -0.2) is 0 Å². The van der Waals surface area contributed by atoms with E-state index in [4.69, 9.17) is 11.1 Å². The molecule has 3 heteroatoms. The maximum atomic E-state index is 5.71. The van der Waals surface area contributed by atoms with Crippen LogP contribution in [-0.2, 0) is 0 Å². The van der Waals surface area contributed by atoms with Crippen LogP contribution in [0.15, 0.2) is 60.7 Å². The Morgan fingerprint density at radius 2 is 1.40 bits per heavy atom. The summed E-state index contributed by atoms with van der Waals surface area (Å²) in [6.45, 7) is 1.85. The lowest BCUT2D eigenvalue weighted by atomic mass is 9.90. The van der Waals surface area contributed by atoms with E-state index in [-0.39, 0.29) is 6.04 Å². The molecule has 0 aliphatic carbocycles. The minimum Gasteiger partial charge on any atom is -0.291 e. The van der Waals surface area contributed by atoms with Crippen LogP contribution in [-0.4, -0.2) is 23.8 Å². The lowest BCUT2D eigenvalue weighted by Gasteiger charge is -2.43. The summed E-state index contributed by atoms with van der Waals surface area (Å²) in [6.07, 6.45) is 0. The summed E-state index contributed by atoms with van der Waals surface area (Å²) >= 11 is 0. The van der Waals surface area contributed by atoms with Crippen molar-refractivity contribution in [2.75, 3.05) is 13.1 Å². The fourth-order valence-electron chi connectivity index (χ4n) is 2.82. The summed E-state index contributed by atoms with van der Waals surface area (Å²) in [5.74, 6) is 0.881. The first-order valence-corrected chi connectivity index (χ1v) is 6.97. The number of hydrogen-bond acceptors (Lipinski definition) is 1. The molecule has 0 aromatic heterocycles. The highest BCUT2D eigenvalue weighted by molar-refractivity contribution is 5.78. The lowest BCUT2D eigenvalue weighted by molar-refractivity contribution is -0.127. The summed E-state index contributed by atoms with van der Waals surface area (Å²) in [5.41, 5.74) is 8.33. The van der Waals surface area contributed by atoms with E-state index >= 15 is 0 Å². The topological polar surface area (TPSA) is 54.9 Å². The molecule has 0 spiro atoms. The smallest absolute Gasteiger partial charge is 0.244 e. The zero-order valence-corrected chi connectivity index (χ0v) is 11.4. The van der Waals surface area contributed by atoms with Crippen molar-refractivity contribution in [3.05, 3.63) is 71.8 Å². The molecule has 2 aromatic rings. The van der Waals surface area contributed by atoms with Gasteiger partial charge in [-0.05, 0) is 11.1 Å². The SMILES string of the molecule is NC(=[NH2+])C1CN(C(c2ccccc2)c2ccccc2)C1. The predicted octanol–water partition coefficient (Wildman–Crippen LogP) is 0.824. The molecule has 1 aliphatic rings. The van der Waals surface area contributed by atoms with E-state index in [9.17, 15) is 0 Å². The van der Waals surface area contributed by atoms with E-state index in [0.717, 1.165) is 13.1 Å². The Morgan fingerprint density at radius 1 is 0.950 bits per heavy atom. The molecule has 1 saturated heterocycles. The van der Waals surface area contributed by atoms with Gasteiger partial charge in [0, 0.05) is 13.1 Å². The summed E-state index contributed by atoms with van der Waals surface area (Å²) in [7, 11) is 0. The average molecular weight is 266 g/mol. The Labute approximate surface area is 119 Å². The third-order valence-electron chi connectivity index (χ3n) is 3.98. The molecule has 4 N–H and O–H groups in total. The van der Waals surface area contributed by atoms with Gasteiger partial charge in [-0.15, -0.1) is 0 Å². The summed E-state index contributed by atoms with van der Waals surface area (Å²) < 4.78 is 0. The van der Waals surface area contributed by atoms with E-state index in [1.165, 1.54) is 11.1 Å². The first-order valence-electron chi connectivity index (χ1n) is 6.97. The predicted molar refractivity (Wildman–Crippen MR) is 80.9 cm³/mol. The lowest BCUT2D eigenvalue weighted by Crippen LogP contribution is -2.61. The van der Waals surface area contributed by atoms with Crippen LogP contribution < -0.4 is 11.1 Å². The molecule has 20 heavy (non-hydrogen) atoms. The van der Waals surface area contributed by atoms with Crippen LogP contribution >= 0.6 is 0 Å². The van der Waals surface area contributed by atoms with Crippen molar-refractivity contribution < 1.29 is 5.41 Å². The van der Waals surface area contributed by atoms with Gasteiger partial charge in [-0.1, -0.05) is 60.7 Å². The molecule has 0 radical (unpaired) electrons. The number of benzene rings is 2. The number of likely N-dealkylation sites (tertiary alicyclic amines) is 1. The molecule has 1 aliphatic heterocycles. The second-order valence-corrected chi connectivity index (χ2v) is 5.37. The zero-order chi connectivity index (χ0) is 13.9. The molecular formula is C17H20N3+. The Balaban J connectivity index is 1.88. The first kappa shape index (κ1) is 12.9. The van der Waals surface area contributed by atoms with Gasteiger partial charge >= 0.3 is 0 Å². The van der Waals surface area contributed by atoms with Crippen molar-refractivity contribution in [2.45, 2.75) is 6.04 Å². The van der Waals surface area contributed by atoms with Crippen molar-refractivity contribution in [3.8, 4) is 0 Å². The molecule has 102 valence electrons. The second kappa shape index (κ2) is 5.47.